The first-order valence-electron chi connectivity index (χ1n) is 6.35. The highest BCUT2D eigenvalue weighted by molar-refractivity contribution is 6.09. The van der Waals surface area contributed by atoms with Gasteiger partial charge in [0, 0.05) is 11.3 Å². The van der Waals surface area contributed by atoms with E-state index in [0.717, 1.165) is 5.56 Å². The van der Waals surface area contributed by atoms with Gasteiger partial charge in [0.15, 0.2) is 0 Å². The first-order chi connectivity index (χ1) is 10.1. The molecule has 21 heavy (non-hydrogen) atoms. The lowest BCUT2D eigenvalue weighted by Gasteiger charge is -2.07. The zero-order chi connectivity index (χ0) is 15.2. The zero-order valence-corrected chi connectivity index (χ0v) is 11.4. The number of carbonyl (C=O) groups is 1. The second-order valence-electron chi connectivity index (χ2n) is 4.46. The number of benzene rings is 2. The molecule has 0 saturated heterocycles. The summed E-state index contributed by atoms with van der Waals surface area (Å²) >= 11 is 0. The molecule has 1 amide bonds. The molecular weight excluding hydrogens is 267 g/mol. The molecule has 2 rings (SSSR count). The van der Waals surface area contributed by atoms with Crippen LogP contribution in [-0.4, -0.2) is 5.91 Å². The summed E-state index contributed by atoms with van der Waals surface area (Å²) in [5.41, 5.74) is 1.56. The van der Waals surface area contributed by atoms with Gasteiger partial charge in [0.1, 0.15) is 17.5 Å². The molecule has 0 atom stereocenters. The van der Waals surface area contributed by atoms with E-state index in [1.54, 1.807) is 30.3 Å². The van der Waals surface area contributed by atoms with Crippen molar-refractivity contribution in [1.29, 1.82) is 5.26 Å². The van der Waals surface area contributed by atoms with E-state index in [4.69, 9.17) is 5.26 Å². The number of anilines is 1. The highest BCUT2D eigenvalue weighted by atomic mass is 19.1. The minimum atomic E-state index is -0.560. The highest BCUT2D eigenvalue weighted by Crippen LogP contribution is 2.16. The van der Waals surface area contributed by atoms with Crippen LogP contribution < -0.4 is 5.32 Å². The maximum absolute atomic E-state index is 13.6. The van der Waals surface area contributed by atoms with Crippen LogP contribution >= 0.6 is 0 Å². The van der Waals surface area contributed by atoms with Crippen LogP contribution in [0.25, 0.3) is 6.08 Å². The van der Waals surface area contributed by atoms with Crippen molar-refractivity contribution in [2.45, 2.75) is 6.92 Å². The van der Waals surface area contributed by atoms with Gasteiger partial charge in [-0.25, -0.2) is 4.39 Å². The Morgan fingerprint density at radius 3 is 2.52 bits per heavy atom. The Hall–Kier alpha value is -2.93. The zero-order valence-electron chi connectivity index (χ0n) is 11.4. The predicted octanol–water partition coefficient (Wildman–Crippen LogP) is 3.68. The number of halogens is 1. The number of nitriles is 1. The number of carbonyl (C=O) groups excluding carboxylic acids is 1. The van der Waals surface area contributed by atoms with E-state index in [-0.39, 0.29) is 11.1 Å². The molecular formula is C17H13FN2O. The Labute approximate surface area is 122 Å². The number of hydrogen-bond donors (Lipinski definition) is 1. The topological polar surface area (TPSA) is 52.9 Å². The van der Waals surface area contributed by atoms with Crippen molar-refractivity contribution in [2.75, 3.05) is 5.32 Å². The van der Waals surface area contributed by atoms with Crippen molar-refractivity contribution < 1.29 is 9.18 Å². The summed E-state index contributed by atoms with van der Waals surface area (Å²) in [6.45, 7) is 1.85. The Morgan fingerprint density at radius 1 is 1.19 bits per heavy atom. The van der Waals surface area contributed by atoms with E-state index < -0.39 is 11.7 Å². The lowest BCUT2D eigenvalue weighted by Crippen LogP contribution is -2.14. The fourth-order valence-corrected chi connectivity index (χ4v) is 1.80. The van der Waals surface area contributed by atoms with E-state index in [1.807, 2.05) is 19.1 Å². The van der Waals surface area contributed by atoms with Crippen molar-refractivity contribution in [3.05, 3.63) is 71.0 Å². The molecule has 0 aliphatic heterocycles. The van der Waals surface area contributed by atoms with Gasteiger partial charge >= 0.3 is 0 Å². The van der Waals surface area contributed by atoms with Gasteiger partial charge in [-0.3, -0.25) is 4.79 Å². The van der Waals surface area contributed by atoms with E-state index in [0.29, 0.717) is 5.69 Å². The van der Waals surface area contributed by atoms with Gasteiger partial charge in [-0.15, -0.1) is 0 Å². The van der Waals surface area contributed by atoms with Gasteiger partial charge in [-0.1, -0.05) is 36.4 Å². The Bertz CT molecular complexity index is 744. The van der Waals surface area contributed by atoms with E-state index in [2.05, 4.69) is 5.32 Å². The number of amides is 1. The molecule has 0 fully saturated rings. The quantitative estimate of drug-likeness (QED) is 0.688. The normalized spacial score (nSPS) is 10.8. The van der Waals surface area contributed by atoms with Crippen LogP contribution in [0.1, 0.15) is 11.1 Å². The molecule has 3 nitrogen and oxygen atoms in total. The van der Waals surface area contributed by atoms with Crippen LogP contribution in [0.5, 0.6) is 0 Å². The third-order valence-corrected chi connectivity index (χ3v) is 2.96. The summed E-state index contributed by atoms with van der Waals surface area (Å²) in [7, 11) is 0. The highest BCUT2D eigenvalue weighted by Gasteiger charge is 2.11. The van der Waals surface area contributed by atoms with Crippen molar-refractivity contribution in [2.24, 2.45) is 0 Å². The summed E-state index contributed by atoms with van der Waals surface area (Å²) in [4.78, 5) is 12.1. The molecule has 0 aromatic heterocycles. The molecule has 0 aliphatic carbocycles. The summed E-state index contributed by atoms with van der Waals surface area (Å²) in [5, 5.41) is 11.7. The van der Waals surface area contributed by atoms with Crippen molar-refractivity contribution >= 4 is 17.7 Å². The summed E-state index contributed by atoms with van der Waals surface area (Å²) in [6, 6.07) is 15.0. The third-order valence-electron chi connectivity index (χ3n) is 2.96. The Morgan fingerprint density at radius 2 is 1.86 bits per heavy atom. The van der Waals surface area contributed by atoms with Gasteiger partial charge in [0.25, 0.3) is 5.91 Å². The van der Waals surface area contributed by atoms with Crippen molar-refractivity contribution in [3.63, 3.8) is 0 Å². The maximum atomic E-state index is 13.6. The summed E-state index contributed by atoms with van der Waals surface area (Å²) in [5.74, 6) is -1.04. The molecule has 0 aliphatic rings. The fourth-order valence-electron chi connectivity index (χ4n) is 1.80. The lowest BCUT2D eigenvalue weighted by molar-refractivity contribution is -0.112. The number of aryl methyl sites for hydroxylation is 1. The van der Waals surface area contributed by atoms with Crippen LogP contribution in [0.3, 0.4) is 0 Å². The monoisotopic (exact) mass is 280 g/mol. The SMILES string of the molecule is Cc1ccccc1NC(=O)/C(C#N)=C/c1ccccc1F. The van der Waals surface area contributed by atoms with E-state index >= 15 is 0 Å². The van der Waals surface area contributed by atoms with Crippen molar-refractivity contribution in [1.82, 2.24) is 0 Å². The molecule has 1 N–H and O–H groups in total. The number of hydrogen-bond acceptors (Lipinski definition) is 2. The van der Waals surface area contributed by atoms with Gasteiger partial charge in [-0.05, 0) is 30.7 Å². The minimum absolute atomic E-state index is 0.150. The third kappa shape index (κ3) is 3.54. The van der Waals surface area contributed by atoms with Crippen LogP contribution in [0, 0.1) is 24.1 Å². The molecule has 2 aromatic rings. The van der Waals surface area contributed by atoms with Crippen molar-refractivity contribution in [3.8, 4) is 6.07 Å². The molecule has 2 aromatic carbocycles. The van der Waals surface area contributed by atoms with Gasteiger partial charge in [0.2, 0.25) is 0 Å². The molecule has 104 valence electrons. The van der Waals surface area contributed by atoms with Crippen LogP contribution in [0.2, 0.25) is 0 Å². The first kappa shape index (κ1) is 14.5. The van der Waals surface area contributed by atoms with Crippen LogP contribution in [0.15, 0.2) is 54.1 Å². The van der Waals surface area contributed by atoms with Crippen LogP contribution in [-0.2, 0) is 4.79 Å². The standard InChI is InChI=1S/C17H13FN2O/c1-12-6-2-5-9-16(12)20-17(21)14(11-19)10-13-7-3-4-8-15(13)18/h2-10H,1H3,(H,20,21)/b14-10+. The Balaban J connectivity index is 2.26. The number of para-hydroxylation sites is 1. The molecule has 0 unspecified atom stereocenters. The predicted molar refractivity (Wildman–Crippen MR) is 79.8 cm³/mol. The lowest BCUT2D eigenvalue weighted by atomic mass is 10.1. The summed E-state index contributed by atoms with van der Waals surface area (Å²) < 4.78 is 13.6. The van der Waals surface area contributed by atoms with Gasteiger partial charge in [0.05, 0.1) is 0 Å². The second-order valence-corrected chi connectivity index (χ2v) is 4.46. The fraction of sp³-hybridized carbons (Fsp3) is 0.0588. The molecule has 0 saturated carbocycles. The smallest absolute Gasteiger partial charge is 0.266 e. The molecule has 0 bridgehead atoms. The number of nitrogens with one attached hydrogen (secondary N) is 1. The van der Waals surface area contributed by atoms with Gasteiger partial charge < -0.3 is 5.32 Å². The maximum Gasteiger partial charge on any atom is 0.266 e. The molecule has 4 heteroatoms. The minimum Gasteiger partial charge on any atom is -0.321 e. The summed E-state index contributed by atoms with van der Waals surface area (Å²) in [6.07, 6.45) is 1.24. The first-order valence-corrected chi connectivity index (χ1v) is 6.35. The molecule has 0 radical (unpaired) electrons. The number of nitrogens with zero attached hydrogens (tertiary/aromatic N) is 1. The number of rotatable bonds is 3. The van der Waals surface area contributed by atoms with E-state index in [9.17, 15) is 9.18 Å². The molecule has 0 spiro atoms. The average Bonchev–Trinajstić information content (AvgIpc) is 2.48. The second kappa shape index (κ2) is 6.49. The van der Waals surface area contributed by atoms with Gasteiger partial charge in [-0.2, -0.15) is 5.26 Å². The largest absolute Gasteiger partial charge is 0.321 e. The molecule has 0 heterocycles. The van der Waals surface area contributed by atoms with E-state index in [1.165, 1.54) is 18.2 Å². The average molecular weight is 280 g/mol. The Kier molecular flexibility index (Phi) is 4.47. The van der Waals surface area contributed by atoms with Crippen LogP contribution in [0.4, 0.5) is 10.1 Å².